The van der Waals surface area contributed by atoms with Gasteiger partial charge in [0.1, 0.15) is 18.1 Å². The molecule has 1 aliphatic rings. The number of aromatic amines is 1. The van der Waals surface area contributed by atoms with Crippen molar-refractivity contribution in [1.29, 1.82) is 0 Å². The minimum atomic E-state index is -1.06. The average Bonchev–Trinajstić information content (AvgIpc) is 2.97. The van der Waals surface area contributed by atoms with Crippen LogP contribution in [0.2, 0.25) is 0 Å². The zero-order chi connectivity index (χ0) is 17.3. The van der Waals surface area contributed by atoms with Gasteiger partial charge in [-0.05, 0) is 43.5 Å². The second-order valence-corrected chi connectivity index (χ2v) is 6.04. The van der Waals surface area contributed by atoms with E-state index >= 15 is 0 Å². The van der Waals surface area contributed by atoms with Gasteiger partial charge >= 0.3 is 5.97 Å². The number of nitrogens with zero attached hydrogens (tertiary/aromatic N) is 1. The summed E-state index contributed by atoms with van der Waals surface area (Å²) in [6.07, 6.45) is 1.21. The van der Waals surface area contributed by atoms with Crippen LogP contribution in [0.15, 0.2) is 18.2 Å². The van der Waals surface area contributed by atoms with E-state index in [0.717, 1.165) is 10.9 Å². The predicted octanol–water partition coefficient (Wildman–Crippen LogP) is 2.32. The van der Waals surface area contributed by atoms with E-state index < -0.39 is 5.97 Å². The van der Waals surface area contributed by atoms with Crippen molar-refractivity contribution in [3.8, 4) is 0 Å². The average molecular weight is 334 g/mol. The van der Waals surface area contributed by atoms with Gasteiger partial charge in [-0.25, -0.2) is 4.39 Å². The van der Waals surface area contributed by atoms with Crippen molar-refractivity contribution in [2.75, 3.05) is 19.8 Å². The van der Waals surface area contributed by atoms with E-state index in [0.29, 0.717) is 31.6 Å². The van der Waals surface area contributed by atoms with E-state index in [-0.39, 0.29) is 30.0 Å². The number of carbonyl (C=O) groups excluding carboxylic acids is 1. The minimum absolute atomic E-state index is 0.174. The SMILES string of the molecule is Cc1cc(F)cc2[nH]c(C(=O)N(CC(=O)O)C3CCOCC3)cc12. The second-order valence-electron chi connectivity index (χ2n) is 6.04. The third-order valence-electron chi connectivity index (χ3n) is 4.34. The largest absolute Gasteiger partial charge is 0.480 e. The van der Waals surface area contributed by atoms with Crippen molar-refractivity contribution >= 4 is 22.8 Å². The van der Waals surface area contributed by atoms with Crippen LogP contribution >= 0.6 is 0 Å². The van der Waals surface area contributed by atoms with Crippen LogP contribution < -0.4 is 0 Å². The Hall–Kier alpha value is -2.41. The zero-order valence-electron chi connectivity index (χ0n) is 13.3. The van der Waals surface area contributed by atoms with Crippen LogP contribution in [-0.2, 0) is 9.53 Å². The molecule has 2 aromatic rings. The Morgan fingerprint density at radius 1 is 1.33 bits per heavy atom. The molecule has 0 spiro atoms. The van der Waals surface area contributed by atoms with Gasteiger partial charge in [-0.3, -0.25) is 9.59 Å². The van der Waals surface area contributed by atoms with Crippen LogP contribution in [0.5, 0.6) is 0 Å². The fourth-order valence-corrected chi connectivity index (χ4v) is 3.15. The van der Waals surface area contributed by atoms with Crippen LogP contribution in [0.3, 0.4) is 0 Å². The molecule has 128 valence electrons. The van der Waals surface area contributed by atoms with Crippen LogP contribution in [0.1, 0.15) is 28.9 Å². The van der Waals surface area contributed by atoms with Crippen molar-refractivity contribution < 1.29 is 23.8 Å². The normalized spacial score (nSPS) is 15.6. The summed E-state index contributed by atoms with van der Waals surface area (Å²) in [5.74, 6) is -1.83. The molecule has 0 aliphatic carbocycles. The summed E-state index contributed by atoms with van der Waals surface area (Å²) >= 11 is 0. The third kappa shape index (κ3) is 3.26. The highest BCUT2D eigenvalue weighted by Gasteiger charge is 2.29. The lowest BCUT2D eigenvalue weighted by atomic mass is 10.1. The Kier molecular flexibility index (Phi) is 4.53. The summed E-state index contributed by atoms with van der Waals surface area (Å²) in [7, 11) is 0. The maximum absolute atomic E-state index is 13.5. The van der Waals surface area contributed by atoms with Gasteiger partial charge in [0, 0.05) is 30.2 Å². The number of carbonyl (C=O) groups is 2. The van der Waals surface area contributed by atoms with Gasteiger partial charge in [0.05, 0.1) is 0 Å². The minimum Gasteiger partial charge on any atom is -0.480 e. The molecule has 1 aromatic carbocycles. The van der Waals surface area contributed by atoms with E-state index in [2.05, 4.69) is 4.98 Å². The highest BCUT2D eigenvalue weighted by Crippen LogP contribution is 2.23. The highest BCUT2D eigenvalue weighted by atomic mass is 19.1. The molecule has 1 aromatic heterocycles. The van der Waals surface area contributed by atoms with E-state index in [9.17, 15) is 14.0 Å². The van der Waals surface area contributed by atoms with Gasteiger partial charge in [-0.1, -0.05) is 0 Å². The van der Waals surface area contributed by atoms with Gasteiger partial charge in [-0.2, -0.15) is 0 Å². The zero-order valence-corrected chi connectivity index (χ0v) is 13.3. The topological polar surface area (TPSA) is 82.6 Å². The molecule has 3 rings (SSSR count). The summed E-state index contributed by atoms with van der Waals surface area (Å²) in [6.45, 7) is 2.41. The molecule has 0 bridgehead atoms. The Balaban J connectivity index is 1.94. The lowest BCUT2D eigenvalue weighted by molar-refractivity contribution is -0.138. The number of aliphatic carboxylic acids is 1. The standard InChI is InChI=1S/C17H19FN2O4/c1-10-6-11(18)7-14-13(10)8-15(19-14)17(23)20(9-16(21)22)12-2-4-24-5-3-12/h6-8,12,19H,2-5,9H2,1H3,(H,21,22). The number of ether oxygens (including phenoxy) is 1. The first-order chi connectivity index (χ1) is 11.5. The molecule has 24 heavy (non-hydrogen) atoms. The first kappa shape index (κ1) is 16.4. The maximum Gasteiger partial charge on any atom is 0.323 e. The fourth-order valence-electron chi connectivity index (χ4n) is 3.15. The Morgan fingerprint density at radius 2 is 2.04 bits per heavy atom. The van der Waals surface area contributed by atoms with Gasteiger partial charge in [-0.15, -0.1) is 0 Å². The molecule has 0 saturated carbocycles. The van der Waals surface area contributed by atoms with Crippen molar-refractivity contribution in [2.45, 2.75) is 25.8 Å². The molecular formula is C17H19FN2O4. The number of fused-ring (bicyclic) bond motifs is 1. The van der Waals surface area contributed by atoms with Gasteiger partial charge < -0.3 is 19.7 Å². The molecular weight excluding hydrogens is 315 g/mol. The summed E-state index contributed by atoms with van der Waals surface area (Å²) in [6, 6.07) is 4.21. The number of carboxylic acid groups (broad SMARTS) is 1. The first-order valence-electron chi connectivity index (χ1n) is 7.85. The number of carboxylic acids is 1. The van der Waals surface area contributed by atoms with Crippen LogP contribution in [0, 0.1) is 12.7 Å². The summed E-state index contributed by atoms with van der Waals surface area (Å²) in [5, 5.41) is 9.90. The van der Waals surface area contributed by atoms with Crippen LogP contribution in [0.4, 0.5) is 4.39 Å². The molecule has 1 aliphatic heterocycles. The van der Waals surface area contributed by atoms with E-state index in [4.69, 9.17) is 9.84 Å². The first-order valence-corrected chi connectivity index (χ1v) is 7.85. The van der Waals surface area contributed by atoms with Crippen LogP contribution in [-0.4, -0.2) is 52.7 Å². The number of aryl methyl sites for hydroxylation is 1. The number of H-pyrrole nitrogens is 1. The lowest BCUT2D eigenvalue weighted by Crippen LogP contribution is -2.46. The number of hydrogen-bond donors (Lipinski definition) is 2. The second kappa shape index (κ2) is 6.60. The number of benzene rings is 1. The quantitative estimate of drug-likeness (QED) is 0.899. The van der Waals surface area contributed by atoms with E-state index in [1.165, 1.54) is 17.0 Å². The Labute approximate surface area is 138 Å². The number of halogens is 1. The molecule has 2 N–H and O–H groups in total. The highest BCUT2D eigenvalue weighted by molar-refractivity contribution is 6.00. The molecule has 0 radical (unpaired) electrons. The predicted molar refractivity (Wildman–Crippen MR) is 85.5 cm³/mol. The molecule has 7 heteroatoms. The molecule has 2 heterocycles. The smallest absolute Gasteiger partial charge is 0.323 e. The van der Waals surface area contributed by atoms with Crippen molar-refractivity contribution in [1.82, 2.24) is 9.88 Å². The molecule has 0 unspecified atom stereocenters. The third-order valence-corrected chi connectivity index (χ3v) is 4.34. The molecule has 1 saturated heterocycles. The monoisotopic (exact) mass is 334 g/mol. The Morgan fingerprint density at radius 3 is 2.71 bits per heavy atom. The number of amides is 1. The van der Waals surface area contributed by atoms with Crippen molar-refractivity contribution in [2.24, 2.45) is 0 Å². The Bertz CT molecular complexity index is 780. The molecule has 0 atom stereocenters. The summed E-state index contributed by atoms with van der Waals surface area (Å²) < 4.78 is 18.8. The number of nitrogens with one attached hydrogen (secondary N) is 1. The molecule has 6 nitrogen and oxygen atoms in total. The summed E-state index contributed by atoms with van der Waals surface area (Å²) in [5.41, 5.74) is 1.51. The fraction of sp³-hybridized carbons (Fsp3) is 0.412. The number of aromatic nitrogens is 1. The van der Waals surface area contributed by atoms with Gasteiger partial charge in [0.25, 0.3) is 5.91 Å². The van der Waals surface area contributed by atoms with Gasteiger partial charge in [0.15, 0.2) is 0 Å². The molecule has 1 amide bonds. The number of hydrogen-bond acceptors (Lipinski definition) is 3. The molecule has 1 fully saturated rings. The van der Waals surface area contributed by atoms with E-state index in [1.54, 1.807) is 13.0 Å². The van der Waals surface area contributed by atoms with Gasteiger partial charge in [0.2, 0.25) is 0 Å². The number of rotatable bonds is 4. The van der Waals surface area contributed by atoms with E-state index in [1.807, 2.05) is 0 Å². The van der Waals surface area contributed by atoms with Crippen molar-refractivity contribution in [3.63, 3.8) is 0 Å². The summed E-state index contributed by atoms with van der Waals surface area (Å²) in [4.78, 5) is 28.3. The van der Waals surface area contributed by atoms with Crippen LogP contribution in [0.25, 0.3) is 10.9 Å². The lowest BCUT2D eigenvalue weighted by Gasteiger charge is -2.32. The van der Waals surface area contributed by atoms with Crippen molar-refractivity contribution in [3.05, 3.63) is 35.3 Å². The maximum atomic E-state index is 13.5.